The van der Waals surface area contributed by atoms with E-state index >= 15 is 0 Å². The van der Waals surface area contributed by atoms with Crippen LogP contribution in [0.15, 0.2) is 30.5 Å². The fourth-order valence-corrected chi connectivity index (χ4v) is 2.12. The van der Waals surface area contributed by atoms with Gasteiger partial charge in [-0.15, -0.1) is 10.2 Å². The average molecular weight is 268 g/mol. The topological polar surface area (TPSA) is 92.5 Å². The van der Waals surface area contributed by atoms with Crippen LogP contribution < -0.4 is 11.1 Å². The van der Waals surface area contributed by atoms with Crippen molar-refractivity contribution in [2.24, 2.45) is 0 Å². The minimum Gasteiger partial charge on any atom is -0.384 e. The molecule has 20 heavy (non-hydrogen) atoms. The third-order valence-electron chi connectivity index (χ3n) is 2.93. The third kappa shape index (κ3) is 2.27. The molecule has 0 aliphatic heterocycles. The van der Waals surface area contributed by atoms with Gasteiger partial charge in [-0.25, -0.2) is 4.98 Å². The molecule has 0 fully saturated rings. The summed E-state index contributed by atoms with van der Waals surface area (Å²) in [5, 5.41) is 12.6. The number of pyridine rings is 1. The van der Waals surface area contributed by atoms with Crippen LogP contribution in [-0.2, 0) is 0 Å². The zero-order valence-electron chi connectivity index (χ0n) is 11.4. The van der Waals surface area contributed by atoms with Crippen molar-refractivity contribution in [2.45, 2.75) is 19.9 Å². The zero-order valence-corrected chi connectivity index (χ0v) is 11.4. The van der Waals surface area contributed by atoms with E-state index in [9.17, 15) is 0 Å². The molecule has 3 aromatic heterocycles. The summed E-state index contributed by atoms with van der Waals surface area (Å²) in [4.78, 5) is 7.30. The average Bonchev–Trinajstić information content (AvgIpc) is 2.86. The highest BCUT2D eigenvalue weighted by molar-refractivity contribution is 5.93. The molecule has 0 saturated carbocycles. The Hall–Kier alpha value is -2.63. The van der Waals surface area contributed by atoms with Gasteiger partial charge in [0.15, 0.2) is 0 Å². The van der Waals surface area contributed by atoms with Gasteiger partial charge in [-0.1, -0.05) is 0 Å². The van der Waals surface area contributed by atoms with Gasteiger partial charge in [-0.3, -0.25) is 0 Å². The summed E-state index contributed by atoms with van der Waals surface area (Å²) in [7, 11) is 0. The number of nitrogens with zero attached hydrogens (tertiary/aromatic N) is 3. The number of aromatic nitrogens is 4. The molecule has 0 aliphatic rings. The van der Waals surface area contributed by atoms with E-state index in [2.05, 4.69) is 39.3 Å². The van der Waals surface area contributed by atoms with Crippen LogP contribution in [0, 0.1) is 0 Å². The van der Waals surface area contributed by atoms with Crippen molar-refractivity contribution in [2.75, 3.05) is 11.1 Å². The highest BCUT2D eigenvalue weighted by atomic mass is 15.2. The first-order chi connectivity index (χ1) is 9.63. The molecule has 0 amide bonds. The van der Waals surface area contributed by atoms with Crippen LogP contribution in [0.5, 0.6) is 0 Å². The zero-order chi connectivity index (χ0) is 14.1. The van der Waals surface area contributed by atoms with E-state index < -0.39 is 0 Å². The van der Waals surface area contributed by atoms with Gasteiger partial charge in [0, 0.05) is 23.2 Å². The number of nitrogens with one attached hydrogen (secondary N) is 2. The molecule has 0 unspecified atom stereocenters. The van der Waals surface area contributed by atoms with Crippen LogP contribution in [0.25, 0.3) is 22.3 Å². The van der Waals surface area contributed by atoms with Crippen molar-refractivity contribution in [3.05, 3.63) is 30.5 Å². The van der Waals surface area contributed by atoms with Gasteiger partial charge in [0.05, 0.1) is 5.69 Å². The normalized spacial score (nSPS) is 11.2. The van der Waals surface area contributed by atoms with Gasteiger partial charge in [-0.05, 0) is 38.1 Å². The Morgan fingerprint density at radius 1 is 1.20 bits per heavy atom. The molecule has 0 bridgehead atoms. The molecule has 6 heteroatoms. The SMILES string of the molecule is CC(C)Nc1ccc(-c2cc(N)nc3[nH]ccc23)nn1. The molecule has 3 aromatic rings. The molecule has 0 aliphatic carbocycles. The molecule has 0 saturated heterocycles. The van der Waals surface area contributed by atoms with E-state index in [0.29, 0.717) is 11.9 Å². The Morgan fingerprint density at radius 2 is 2.05 bits per heavy atom. The lowest BCUT2D eigenvalue weighted by Gasteiger charge is -2.09. The first kappa shape index (κ1) is 12.4. The highest BCUT2D eigenvalue weighted by Gasteiger charge is 2.09. The molecule has 0 spiro atoms. The summed E-state index contributed by atoms with van der Waals surface area (Å²) in [6.45, 7) is 4.12. The predicted molar refractivity (Wildman–Crippen MR) is 80.3 cm³/mol. The first-order valence-electron chi connectivity index (χ1n) is 6.48. The van der Waals surface area contributed by atoms with Crippen LogP contribution in [0.4, 0.5) is 11.6 Å². The summed E-state index contributed by atoms with van der Waals surface area (Å²) in [5.41, 5.74) is 8.29. The minimum absolute atomic E-state index is 0.322. The fourth-order valence-electron chi connectivity index (χ4n) is 2.12. The molecule has 102 valence electrons. The van der Waals surface area contributed by atoms with E-state index in [-0.39, 0.29) is 0 Å². The fraction of sp³-hybridized carbons (Fsp3) is 0.214. The second-order valence-electron chi connectivity index (χ2n) is 4.94. The maximum Gasteiger partial charge on any atom is 0.148 e. The van der Waals surface area contributed by atoms with Gasteiger partial charge in [0.1, 0.15) is 17.3 Å². The van der Waals surface area contributed by atoms with Crippen molar-refractivity contribution >= 4 is 22.7 Å². The number of fused-ring (bicyclic) bond motifs is 1. The summed E-state index contributed by atoms with van der Waals surface area (Å²) >= 11 is 0. The predicted octanol–water partition coefficient (Wildman–Crippen LogP) is 2.42. The number of nitrogens with two attached hydrogens (primary N) is 1. The van der Waals surface area contributed by atoms with E-state index in [1.165, 1.54) is 0 Å². The summed E-state index contributed by atoms with van der Waals surface area (Å²) < 4.78 is 0. The van der Waals surface area contributed by atoms with Crippen molar-refractivity contribution in [3.8, 4) is 11.3 Å². The molecule has 0 aromatic carbocycles. The number of aromatic amines is 1. The molecular formula is C14H16N6. The van der Waals surface area contributed by atoms with Gasteiger partial charge in [-0.2, -0.15) is 0 Å². The van der Waals surface area contributed by atoms with Crippen molar-refractivity contribution < 1.29 is 0 Å². The Bertz CT molecular complexity index is 729. The number of nitrogen functional groups attached to an aromatic ring is 1. The molecule has 4 N–H and O–H groups in total. The second kappa shape index (κ2) is 4.80. The molecular weight excluding hydrogens is 252 g/mol. The Labute approximate surface area is 116 Å². The van der Waals surface area contributed by atoms with Gasteiger partial charge in [0.2, 0.25) is 0 Å². The van der Waals surface area contributed by atoms with Gasteiger partial charge < -0.3 is 16.0 Å². The van der Waals surface area contributed by atoms with Crippen LogP contribution >= 0.6 is 0 Å². The summed E-state index contributed by atoms with van der Waals surface area (Å²) in [6, 6.07) is 7.94. The van der Waals surface area contributed by atoms with Crippen LogP contribution in [0.2, 0.25) is 0 Å². The van der Waals surface area contributed by atoms with Crippen LogP contribution in [0.3, 0.4) is 0 Å². The van der Waals surface area contributed by atoms with E-state index in [4.69, 9.17) is 5.73 Å². The second-order valence-corrected chi connectivity index (χ2v) is 4.94. The molecule has 6 nitrogen and oxygen atoms in total. The lowest BCUT2D eigenvalue weighted by molar-refractivity contribution is 0.875. The lowest BCUT2D eigenvalue weighted by atomic mass is 10.1. The maximum absolute atomic E-state index is 5.83. The lowest BCUT2D eigenvalue weighted by Crippen LogP contribution is -2.11. The van der Waals surface area contributed by atoms with Crippen LogP contribution in [0.1, 0.15) is 13.8 Å². The van der Waals surface area contributed by atoms with Crippen molar-refractivity contribution in [3.63, 3.8) is 0 Å². The molecule has 0 radical (unpaired) electrons. The highest BCUT2D eigenvalue weighted by Crippen LogP contribution is 2.27. The maximum atomic E-state index is 5.83. The van der Waals surface area contributed by atoms with E-state index in [1.807, 2.05) is 30.5 Å². The Balaban J connectivity index is 2.04. The van der Waals surface area contributed by atoms with E-state index in [0.717, 1.165) is 28.1 Å². The first-order valence-corrected chi connectivity index (χ1v) is 6.48. The number of hydrogen-bond acceptors (Lipinski definition) is 5. The monoisotopic (exact) mass is 268 g/mol. The van der Waals surface area contributed by atoms with Crippen LogP contribution in [-0.4, -0.2) is 26.2 Å². The number of rotatable bonds is 3. The summed E-state index contributed by atoms with van der Waals surface area (Å²) in [5.74, 6) is 1.22. The smallest absolute Gasteiger partial charge is 0.148 e. The standard InChI is InChI=1S/C14H16N6/c1-8(2)17-13-4-3-11(19-20-13)10-7-12(15)18-14-9(10)5-6-16-14/h3-8H,1-2H3,(H,17,20)(H3,15,16,18). The van der Waals surface area contributed by atoms with Gasteiger partial charge in [0.25, 0.3) is 0 Å². The number of H-pyrrole nitrogens is 1. The van der Waals surface area contributed by atoms with E-state index in [1.54, 1.807) is 0 Å². The van der Waals surface area contributed by atoms with Crippen molar-refractivity contribution in [1.82, 2.24) is 20.2 Å². The largest absolute Gasteiger partial charge is 0.384 e. The Kier molecular flexibility index (Phi) is 2.98. The molecule has 0 atom stereocenters. The minimum atomic E-state index is 0.322. The molecule has 3 rings (SSSR count). The quantitative estimate of drug-likeness (QED) is 0.678. The van der Waals surface area contributed by atoms with Gasteiger partial charge >= 0.3 is 0 Å². The molecule has 3 heterocycles. The van der Waals surface area contributed by atoms with Crippen molar-refractivity contribution in [1.29, 1.82) is 0 Å². The summed E-state index contributed by atoms with van der Waals surface area (Å²) in [6.07, 6.45) is 1.84. The third-order valence-corrected chi connectivity index (χ3v) is 2.93. The Morgan fingerprint density at radius 3 is 2.75 bits per heavy atom. The number of hydrogen-bond donors (Lipinski definition) is 3. The number of anilines is 2.